The number of anilines is 2. The summed E-state index contributed by atoms with van der Waals surface area (Å²) in [7, 11) is 0. The smallest absolute Gasteiger partial charge is 0.137 e. The molecule has 0 aliphatic carbocycles. The molecular formula is C52H48N4O. The fourth-order valence-electron chi connectivity index (χ4n) is 8.44. The average Bonchev–Trinajstić information content (AvgIpc) is 3.74. The molecule has 2 aromatic heterocycles. The van der Waals surface area contributed by atoms with E-state index in [1.54, 1.807) is 0 Å². The second-order valence-electron chi connectivity index (χ2n) is 16.2. The fourth-order valence-corrected chi connectivity index (χ4v) is 8.44. The summed E-state index contributed by atoms with van der Waals surface area (Å²) in [5, 5.41) is 2.34. The number of ether oxygens (including phenoxy) is 1. The zero-order chi connectivity index (χ0) is 39.3. The fraction of sp³-hybridized carbons (Fsp3) is 0.173. The van der Waals surface area contributed by atoms with E-state index in [4.69, 9.17) is 9.72 Å². The summed E-state index contributed by atoms with van der Waals surface area (Å²) in [6.45, 7) is 14.3. The summed E-state index contributed by atoms with van der Waals surface area (Å²) < 4.78 is 8.96. The first-order chi connectivity index (χ1) is 27.6. The molecule has 1 aliphatic heterocycles. The molecule has 0 atom stereocenters. The average molecular weight is 745 g/mol. The molecule has 0 saturated heterocycles. The van der Waals surface area contributed by atoms with E-state index < -0.39 is 0 Å². The van der Waals surface area contributed by atoms with E-state index in [0.717, 1.165) is 46.1 Å². The van der Waals surface area contributed by atoms with E-state index in [1.807, 2.05) is 12.3 Å². The van der Waals surface area contributed by atoms with Gasteiger partial charge in [-0.2, -0.15) is 0 Å². The number of aromatic nitrogens is 2. The number of para-hydroxylation sites is 1. The summed E-state index contributed by atoms with van der Waals surface area (Å²) in [6, 6.07) is 58.2. The van der Waals surface area contributed by atoms with Gasteiger partial charge in [-0.3, -0.25) is 4.57 Å². The van der Waals surface area contributed by atoms with Crippen LogP contribution >= 0.6 is 0 Å². The van der Waals surface area contributed by atoms with E-state index in [9.17, 15) is 0 Å². The van der Waals surface area contributed by atoms with Crippen LogP contribution in [0.25, 0.3) is 27.6 Å². The van der Waals surface area contributed by atoms with Gasteiger partial charge < -0.3 is 14.5 Å². The van der Waals surface area contributed by atoms with Gasteiger partial charge in [0, 0.05) is 62.7 Å². The van der Waals surface area contributed by atoms with E-state index in [0.29, 0.717) is 0 Å². The van der Waals surface area contributed by atoms with Crippen LogP contribution in [0.3, 0.4) is 0 Å². The number of nitrogens with zero attached hydrogens (tertiary/aromatic N) is 4. The predicted octanol–water partition coefficient (Wildman–Crippen LogP) is 13.2. The van der Waals surface area contributed by atoms with Crippen molar-refractivity contribution in [2.75, 3.05) is 16.5 Å². The lowest BCUT2D eigenvalue weighted by molar-refractivity contribution is 0.483. The second kappa shape index (κ2) is 14.2. The Hall–Kier alpha value is -6.59. The standard InChI is InChI=1S/C52H48N4O/c1-36-37(2)55(35-54(36)42-22-15-21-40(31-42)51(3,4)38-17-9-7-10-18-38)43-23-16-24-44(33-43)57-45-27-28-47-46-25-13-14-26-48(46)56(49(47)34-45)50-32-41(29-30-53-50)52(5,6)39-19-11-8-12-20-39/h7-34H,35H2,1-6H3. The van der Waals surface area contributed by atoms with Crippen LogP contribution in [0, 0.1) is 0 Å². The zero-order valence-electron chi connectivity index (χ0n) is 33.6. The molecule has 6 aromatic carbocycles. The van der Waals surface area contributed by atoms with Crippen molar-refractivity contribution in [1.82, 2.24) is 9.55 Å². The molecule has 0 N–H and O–H groups in total. The van der Waals surface area contributed by atoms with Gasteiger partial charge in [-0.05, 0) is 90.7 Å². The minimum Gasteiger partial charge on any atom is -0.457 e. The van der Waals surface area contributed by atoms with Crippen LogP contribution in [-0.4, -0.2) is 16.2 Å². The molecule has 0 saturated carbocycles. The number of allylic oxidation sites excluding steroid dienone is 2. The molecular weight excluding hydrogens is 697 g/mol. The van der Waals surface area contributed by atoms with Crippen molar-refractivity contribution in [3.05, 3.63) is 204 Å². The molecule has 282 valence electrons. The summed E-state index contributed by atoms with van der Waals surface area (Å²) in [5.41, 5.74) is 11.6. The van der Waals surface area contributed by atoms with Gasteiger partial charge in [-0.25, -0.2) is 4.98 Å². The van der Waals surface area contributed by atoms with Gasteiger partial charge in [0.2, 0.25) is 0 Å². The lowest BCUT2D eigenvalue weighted by atomic mass is 9.78. The molecule has 3 heterocycles. The van der Waals surface area contributed by atoms with Crippen molar-refractivity contribution in [2.24, 2.45) is 0 Å². The van der Waals surface area contributed by atoms with Crippen molar-refractivity contribution in [3.63, 3.8) is 0 Å². The Labute approximate surface area is 336 Å². The predicted molar refractivity (Wildman–Crippen MR) is 237 cm³/mol. The van der Waals surface area contributed by atoms with Crippen molar-refractivity contribution in [2.45, 2.75) is 52.4 Å². The second-order valence-corrected chi connectivity index (χ2v) is 16.2. The van der Waals surface area contributed by atoms with Gasteiger partial charge in [0.15, 0.2) is 0 Å². The highest BCUT2D eigenvalue weighted by Crippen LogP contribution is 2.40. The van der Waals surface area contributed by atoms with Crippen LogP contribution in [0.4, 0.5) is 11.4 Å². The van der Waals surface area contributed by atoms with Crippen LogP contribution < -0.4 is 14.5 Å². The molecule has 0 unspecified atom stereocenters. The molecule has 57 heavy (non-hydrogen) atoms. The highest BCUT2D eigenvalue weighted by Gasteiger charge is 2.29. The minimum atomic E-state index is -0.196. The Morgan fingerprint density at radius 2 is 1.02 bits per heavy atom. The molecule has 9 rings (SSSR count). The van der Waals surface area contributed by atoms with Crippen LogP contribution in [-0.2, 0) is 10.8 Å². The Morgan fingerprint density at radius 3 is 1.70 bits per heavy atom. The molecule has 8 aromatic rings. The van der Waals surface area contributed by atoms with E-state index >= 15 is 0 Å². The first-order valence-corrected chi connectivity index (χ1v) is 19.8. The van der Waals surface area contributed by atoms with Crippen LogP contribution in [0.1, 0.15) is 63.8 Å². The van der Waals surface area contributed by atoms with Crippen molar-refractivity contribution in [1.29, 1.82) is 0 Å². The first kappa shape index (κ1) is 36.1. The van der Waals surface area contributed by atoms with Gasteiger partial charge in [-0.15, -0.1) is 0 Å². The normalized spacial score (nSPS) is 13.6. The summed E-state index contributed by atoms with van der Waals surface area (Å²) in [5.74, 6) is 2.44. The molecule has 0 radical (unpaired) electrons. The zero-order valence-corrected chi connectivity index (χ0v) is 33.6. The van der Waals surface area contributed by atoms with Crippen molar-refractivity contribution < 1.29 is 4.74 Å². The number of fused-ring (bicyclic) bond motifs is 3. The van der Waals surface area contributed by atoms with E-state index in [2.05, 4.69) is 214 Å². The molecule has 0 spiro atoms. The maximum atomic E-state index is 6.69. The summed E-state index contributed by atoms with van der Waals surface area (Å²) in [4.78, 5) is 9.71. The molecule has 1 aliphatic rings. The van der Waals surface area contributed by atoms with E-state index in [1.165, 1.54) is 44.7 Å². The maximum absolute atomic E-state index is 6.69. The van der Waals surface area contributed by atoms with Crippen LogP contribution in [0.15, 0.2) is 181 Å². The molecule has 0 bridgehead atoms. The Bertz CT molecular complexity index is 2780. The quantitative estimate of drug-likeness (QED) is 0.147. The first-order valence-electron chi connectivity index (χ1n) is 19.8. The largest absolute Gasteiger partial charge is 0.457 e. The lowest BCUT2D eigenvalue weighted by Crippen LogP contribution is -2.27. The molecule has 0 amide bonds. The third-order valence-corrected chi connectivity index (χ3v) is 12.2. The van der Waals surface area contributed by atoms with Gasteiger partial charge in [-0.1, -0.05) is 125 Å². The highest BCUT2D eigenvalue weighted by molar-refractivity contribution is 6.09. The SMILES string of the molecule is CC1=C(C)N(c2cccc(C(C)(C)c3ccccc3)c2)CN1c1cccc(Oc2ccc3c4ccccc4n(-c4cc(C(C)(C)c5ccccc5)ccn4)c3c2)c1. The third-order valence-electron chi connectivity index (χ3n) is 12.2. The molecule has 0 fully saturated rings. The maximum Gasteiger partial charge on any atom is 0.137 e. The Kier molecular flexibility index (Phi) is 8.96. The van der Waals surface area contributed by atoms with Crippen LogP contribution in [0.5, 0.6) is 11.5 Å². The molecule has 5 nitrogen and oxygen atoms in total. The number of pyridine rings is 1. The summed E-state index contributed by atoms with van der Waals surface area (Å²) >= 11 is 0. The van der Waals surface area contributed by atoms with Crippen molar-refractivity contribution in [3.8, 4) is 17.3 Å². The van der Waals surface area contributed by atoms with Crippen molar-refractivity contribution >= 4 is 33.2 Å². The number of rotatable bonds is 9. The topological polar surface area (TPSA) is 33.5 Å². The van der Waals surface area contributed by atoms with Gasteiger partial charge in [0.1, 0.15) is 17.3 Å². The number of hydrogen-bond acceptors (Lipinski definition) is 4. The van der Waals surface area contributed by atoms with Gasteiger partial charge in [0.25, 0.3) is 0 Å². The lowest BCUT2D eigenvalue weighted by Gasteiger charge is -2.29. The number of benzene rings is 6. The number of hydrogen-bond donors (Lipinski definition) is 0. The van der Waals surface area contributed by atoms with E-state index in [-0.39, 0.29) is 10.8 Å². The highest BCUT2D eigenvalue weighted by atomic mass is 16.5. The third kappa shape index (κ3) is 6.43. The molecule has 5 heteroatoms. The monoisotopic (exact) mass is 744 g/mol. The summed E-state index contributed by atoms with van der Waals surface area (Å²) in [6.07, 6.45) is 1.93. The van der Waals surface area contributed by atoms with Gasteiger partial charge >= 0.3 is 0 Å². The van der Waals surface area contributed by atoms with Gasteiger partial charge in [0.05, 0.1) is 17.7 Å². The Morgan fingerprint density at radius 1 is 0.474 bits per heavy atom. The Balaban J connectivity index is 1.02. The van der Waals surface area contributed by atoms with Crippen LogP contribution in [0.2, 0.25) is 0 Å². The minimum absolute atomic E-state index is 0.119.